The molecule has 0 aliphatic carbocycles. The van der Waals surface area contributed by atoms with Gasteiger partial charge in [-0.3, -0.25) is 0 Å². The zero-order chi connectivity index (χ0) is 38.0. The molecule has 0 fully saturated rings. The summed E-state index contributed by atoms with van der Waals surface area (Å²) in [7, 11) is 0. The topological polar surface area (TPSA) is 18.5 Å². The van der Waals surface area contributed by atoms with E-state index in [0.29, 0.717) is 0 Å². The van der Waals surface area contributed by atoms with Gasteiger partial charge in [-0.2, -0.15) is 0 Å². The van der Waals surface area contributed by atoms with E-state index in [0.717, 1.165) is 72.3 Å². The second-order valence-electron chi connectivity index (χ2n) is 16.2. The van der Waals surface area contributed by atoms with E-state index in [4.69, 9.17) is 21.7 Å². The number of hydrogen-bond acceptors (Lipinski definition) is 3. The monoisotopic (exact) mass is 747 g/mol. The van der Waals surface area contributed by atoms with Gasteiger partial charge >= 0.3 is 0 Å². The number of rotatable bonds is 36. The Morgan fingerprint density at radius 3 is 1.38 bits per heavy atom. The molecule has 300 valence electrons. The summed E-state index contributed by atoms with van der Waals surface area (Å²) in [5.74, 6) is 2.75. The molecule has 0 unspecified atom stereocenters. The van der Waals surface area contributed by atoms with Crippen molar-refractivity contribution in [2.24, 2.45) is 5.92 Å². The number of unbranched alkanes of at least 4 members (excludes halogenated alkanes) is 23. The van der Waals surface area contributed by atoms with E-state index in [1.807, 2.05) is 18.2 Å². The fraction of sp³-hybridized carbons (Fsp3) is 0.700. The second-order valence-corrected chi connectivity index (χ2v) is 16.6. The van der Waals surface area contributed by atoms with Crippen LogP contribution in [0.2, 0.25) is 0 Å². The molecule has 0 spiro atoms. The van der Waals surface area contributed by atoms with E-state index in [-0.39, 0.29) is 0 Å². The van der Waals surface area contributed by atoms with Crippen LogP contribution in [0.4, 0.5) is 0 Å². The van der Waals surface area contributed by atoms with Gasteiger partial charge in [0.25, 0.3) is 0 Å². The van der Waals surface area contributed by atoms with Crippen LogP contribution in [0.25, 0.3) is 6.08 Å². The van der Waals surface area contributed by atoms with Gasteiger partial charge in [-0.15, -0.1) is 0 Å². The van der Waals surface area contributed by atoms with Crippen LogP contribution in [0.3, 0.4) is 0 Å². The third kappa shape index (κ3) is 24.8. The lowest BCUT2D eigenvalue weighted by Crippen LogP contribution is -2.06. The summed E-state index contributed by atoms with van der Waals surface area (Å²) in [4.78, 5) is 0.848. The van der Waals surface area contributed by atoms with Crippen LogP contribution in [0.15, 0.2) is 48.5 Å². The number of hydrogen-bond donors (Lipinski definition) is 0. The van der Waals surface area contributed by atoms with Crippen LogP contribution in [-0.4, -0.2) is 18.1 Å². The first-order valence-corrected chi connectivity index (χ1v) is 23.2. The zero-order valence-corrected chi connectivity index (χ0v) is 36.0. The van der Waals surface area contributed by atoms with Crippen molar-refractivity contribution in [3.05, 3.63) is 65.2 Å². The number of allylic oxidation sites excluding steroid dienone is 1. The first-order chi connectivity index (χ1) is 26.0. The highest BCUT2D eigenvalue weighted by atomic mass is 32.1. The van der Waals surface area contributed by atoms with Crippen molar-refractivity contribution in [3.8, 4) is 11.5 Å². The molecule has 0 aromatic heterocycles. The van der Waals surface area contributed by atoms with Gasteiger partial charge in [0, 0.05) is 10.4 Å². The summed E-state index contributed by atoms with van der Waals surface area (Å²) < 4.78 is 13.3. The summed E-state index contributed by atoms with van der Waals surface area (Å²) in [6.45, 7) is 10.8. The molecule has 0 saturated carbocycles. The van der Waals surface area contributed by atoms with E-state index >= 15 is 0 Å². The normalized spacial score (nSPS) is 11.6. The quantitative estimate of drug-likeness (QED) is 0.0299. The highest BCUT2D eigenvalue weighted by Gasteiger charge is 2.14. The highest BCUT2D eigenvalue weighted by Crippen LogP contribution is 2.34. The summed E-state index contributed by atoms with van der Waals surface area (Å²) in [6.07, 6.45) is 41.3. The Balaban J connectivity index is 1.98. The van der Waals surface area contributed by atoms with Gasteiger partial charge in [-0.05, 0) is 60.9 Å². The van der Waals surface area contributed by atoms with E-state index in [2.05, 4.69) is 64.1 Å². The van der Waals surface area contributed by atoms with Crippen molar-refractivity contribution in [3.63, 3.8) is 0 Å². The molecule has 0 radical (unpaired) electrons. The zero-order valence-electron chi connectivity index (χ0n) is 35.2. The molecular formula is C50H82O2S. The molecule has 53 heavy (non-hydrogen) atoms. The maximum Gasteiger partial charge on any atom is 0.126 e. The Hall–Kier alpha value is -2.13. The van der Waals surface area contributed by atoms with Crippen molar-refractivity contribution in [1.82, 2.24) is 0 Å². The summed E-state index contributed by atoms with van der Waals surface area (Å²) in [5.41, 5.74) is 3.44. The predicted octanol–water partition coefficient (Wildman–Crippen LogP) is 16.6. The van der Waals surface area contributed by atoms with Crippen LogP contribution in [-0.2, 0) is 6.42 Å². The Morgan fingerprint density at radius 1 is 0.547 bits per heavy atom. The lowest BCUT2D eigenvalue weighted by atomic mass is 9.99. The fourth-order valence-electron chi connectivity index (χ4n) is 7.22. The largest absolute Gasteiger partial charge is 0.493 e. The molecule has 0 aliphatic heterocycles. The molecule has 0 bridgehead atoms. The molecule has 0 heterocycles. The number of ether oxygens (including phenoxy) is 2. The molecule has 0 amide bonds. The molecular weight excluding hydrogens is 665 g/mol. The summed E-state index contributed by atoms with van der Waals surface area (Å²) >= 11 is 5.78. The standard InChI is InChI=1S/C50H82O2S/c1-5-7-9-11-13-15-17-19-21-23-25-32-40-51-48-42-45(38-39-50(53)46-35-28-27-29-36-46)43-49(47(48)37-31-30-34-44(3)4)52-41-33-26-24-22-20-18-16-14-12-10-8-6-2/h27-29,35-36,38-39,42-44H,5-26,30-34,37,40-41H2,1-4H3. The van der Waals surface area contributed by atoms with E-state index in [9.17, 15) is 0 Å². The third-order valence-electron chi connectivity index (χ3n) is 10.6. The first-order valence-electron chi connectivity index (χ1n) is 22.7. The number of benzene rings is 2. The minimum absolute atomic E-state index is 0.735. The Labute approximate surface area is 334 Å². The lowest BCUT2D eigenvalue weighted by Gasteiger charge is -2.18. The molecule has 0 saturated heterocycles. The third-order valence-corrected chi connectivity index (χ3v) is 11.0. The summed E-state index contributed by atoms with van der Waals surface area (Å²) in [6, 6.07) is 14.8. The molecule has 0 atom stereocenters. The average Bonchev–Trinajstić information content (AvgIpc) is 3.16. The smallest absolute Gasteiger partial charge is 0.126 e. The van der Waals surface area contributed by atoms with Gasteiger partial charge in [-0.1, -0.05) is 230 Å². The van der Waals surface area contributed by atoms with Crippen molar-refractivity contribution >= 4 is 23.2 Å². The average molecular weight is 747 g/mol. The molecule has 2 aromatic carbocycles. The first kappa shape index (κ1) is 47.0. The SMILES string of the molecule is CCCCCCCCCCCCCCOc1cc(C=CC(=S)c2ccccc2)cc(OCCCCCCCCCCCCCC)c1CCCCC(C)C. The van der Waals surface area contributed by atoms with Crippen molar-refractivity contribution in [1.29, 1.82) is 0 Å². The Morgan fingerprint density at radius 2 is 0.962 bits per heavy atom. The predicted molar refractivity (Wildman–Crippen MR) is 239 cm³/mol. The fourth-order valence-corrected chi connectivity index (χ4v) is 7.42. The maximum absolute atomic E-state index is 6.65. The molecule has 0 aliphatic rings. The van der Waals surface area contributed by atoms with Gasteiger partial charge in [-0.25, -0.2) is 0 Å². The van der Waals surface area contributed by atoms with Gasteiger partial charge in [0.1, 0.15) is 11.5 Å². The minimum Gasteiger partial charge on any atom is -0.493 e. The van der Waals surface area contributed by atoms with Crippen molar-refractivity contribution < 1.29 is 9.47 Å². The van der Waals surface area contributed by atoms with Gasteiger partial charge in [0.15, 0.2) is 0 Å². The summed E-state index contributed by atoms with van der Waals surface area (Å²) in [5, 5.41) is 0. The Bertz CT molecular complexity index is 1120. The second kappa shape index (κ2) is 33.2. The van der Waals surface area contributed by atoms with E-state index in [1.165, 1.54) is 160 Å². The minimum atomic E-state index is 0.735. The van der Waals surface area contributed by atoms with E-state index < -0.39 is 0 Å². The van der Waals surface area contributed by atoms with E-state index in [1.54, 1.807) is 0 Å². The van der Waals surface area contributed by atoms with Crippen LogP contribution >= 0.6 is 12.2 Å². The lowest BCUT2D eigenvalue weighted by molar-refractivity contribution is 0.283. The van der Waals surface area contributed by atoms with Crippen LogP contribution in [0, 0.1) is 5.92 Å². The van der Waals surface area contributed by atoms with Crippen molar-refractivity contribution in [2.45, 2.75) is 207 Å². The molecule has 0 N–H and O–H groups in total. The van der Waals surface area contributed by atoms with Gasteiger partial charge in [0.2, 0.25) is 0 Å². The van der Waals surface area contributed by atoms with Crippen molar-refractivity contribution in [2.75, 3.05) is 13.2 Å². The molecule has 2 rings (SSSR count). The molecule has 3 heteroatoms. The molecule has 2 nitrogen and oxygen atoms in total. The molecule has 2 aromatic rings. The van der Waals surface area contributed by atoms with Crippen LogP contribution in [0.1, 0.15) is 218 Å². The Kier molecular flexibility index (Phi) is 29.5. The number of thiocarbonyl (C=S) groups is 1. The van der Waals surface area contributed by atoms with Gasteiger partial charge in [0.05, 0.1) is 13.2 Å². The van der Waals surface area contributed by atoms with Gasteiger partial charge < -0.3 is 9.47 Å². The van der Waals surface area contributed by atoms with Crippen LogP contribution < -0.4 is 9.47 Å². The van der Waals surface area contributed by atoms with Crippen LogP contribution in [0.5, 0.6) is 11.5 Å². The highest BCUT2D eigenvalue weighted by molar-refractivity contribution is 7.81. The maximum atomic E-state index is 6.65.